The van der Waals surface area contributed by atoms with Crippen molar-refractivity contribution in [2.75, 3.05) is 7.11 Å². The highest BCUT2D eigenvalue weighted by Crippen LogP contribution is 2.25. The van der Waals surface area contributed by atoms with E-state index in [-0.39, 0.29) is 4.87 Å². The molecule has 5 heteroatoms. The number of aromatic nitrogens is 1. The van der Waals surface area contributed by atoms with Crippen LogP contribution in [0.1, 0.15) is 23.2 Å². The van der Waals surface area contributed by atoms with E-state index in [0.717, 1.165) is 37.3 Å². The molecule has 1 aliphatic carbocycles. The number of aryl methyl sites for hydroxylation is 1. The molecule has 0 fully saturated rings. The van der Waals surface area contributed by atoms with Crippen molar-refractivity contribution in [3.63, 3.8) is 0 Å². The molecule has 0 bridgehead atoms. The Morgan fingerprint density at radius 1 is 1.45 bits per heavy atom. The van der Waals surface area contributed by atoms with Gasteiger partial charge in [0.25, 0.3) is 0 Å². The Morgan fingerprint density at radius 2 is 2.35 bits per heavy atom. The quantitative estimate of drug-likeness (QED) is 0.906. The van der Waals surface area contributed by atoms with Crippen LogP contribution in [-0.4, -0.2) is 18.1 Å². The third kappa shape index (κ3) is 2.94. The lowest BCUT2D eigenvalue weighted by molar-refractivity contribution is 0.410. The number of rotatable bonds is 4. The molecule has 1 atom stereocenters. The fraction of sp³-hybridized carbons (Fsp3) is 0.400. The van der Waals surface area contributed by atoms with Crippen LogP contribution in [0.15, 0.2) is 28.4 Å². The predicted molar refractivity (Wildman–Crippen MR) is 80.6 cm³/mol. The Bertz CT molecular complexity index is 647. The topological polar surface area (TPSA) is 54.1 Å². The number of thiazole rings is 1. The van der Waals surface area contributed by atoms with Crippen LogP contribution >= 0.6 is 11.3 Å². The van der Waals surface area contributed by atoms with Gasteiger partial charge in [0.2, 0.25) is 0 Å². The van der Waals surface area contributed by atoms with Gasteiger partial charge in [-0.1, -0.05) is 17.4 Å². The van der Waals surface area contributed by atoms with Gasteiger partial charge in [-0.25, -0.2) is 0 Å². The summed E-state index contributed by atoms with van der Waals surface area (Å²) >= 11 is 1.22. The van der Waals surface area contributed by atoms with E-state index in [2.05, 4.69) is 22.4 Å². The summed E-state index contributed by atoms with van der Waals surface area (Å²) in [7, 11) is 1.70. The number of ether oxygens (including phenoxy) is 1. The lowest BCUT2D eigenvalue weighted by atomic mass is 9.88. The van der Waals surface area contributed by atoms with E-state index in [1.54, 1.807) is 7.11 Å². The zero-order chi connectivity index (χ0) is 13.9. The number of methoxy groups -OCH3 is 1. The first-order chi connectivity index (χ1) is 9.74. The molecule has 20 heavy (non-hydrogen) atoms. The number of nitrogens with one attached hydrogen (secondary N) is 2. The van der Waals surface area contributed by atoms with Crippen LogP contribution in [0.25, 0.3) is 0 Å². The summed E-state index contributed by atoms with van der Waals surface area (Å²) in [4.78, 5) is 13.9. The highest BCUT2D eigenvalue weighted by Gasteiger charge is 2.18. The second-order valence-corrected chi connectivity index (χ2v) is 5.97. The van der Waals surface area contributed by atoms with Crippen LogP contribution in [0.2, 0.25) is 0 Å². The molecule has 1 unspecified atom stereocenters. The van der Waals surface area contributed by atoms with Crippen molar-refractivity contribution in [1.29, 1.82) is 0 Å². The minimum atomic E-state index is 0.0144. The molecule has 4 nitrogen and oxygen atoms in total. The fourth-order valence-electron chi connectivity index (χ4n) is 2.69. The Kier molecular flexibility index (Phi) is 3.89. The first kappa shape index (κ1) is 13.4. The molecular formula is C15H18N2O2S. The van der Waals surface area contributed by atoms with Gasteiger partial charge in [0.05, 0.1) is 7.11 Å². The normalized spacial score (nSPS) is 17.8. The lowest BCUT2D eigenvalue weighted by Gasteiger charge is -2.25. The van der Waals surface area contributed by atoms with Crippen molar-refractivity contribution >= 4 is 11.3 Å². The summed E-state index contributed by atoms with van der Waals surface area (Å²) in [6, 6.07) is 6.79. The van der Waals surface area contributed by atoms with Crippen LogP contribution in [-0.2, 0) is 19.4 Å². The minimum Gasteiger partial charge on any atom is -0.497 e. The molecular weight excluding hydrogens is 272 g/mol. The van der Waals surface area contributed by atoms with E-state index in [4.69, 9.17) is 4.74 Å². The van der Waals surface area contributed by atoms with Gasteiger partial charge in [0.15, 0.2) is 0 Å². The van der Waals surface area contributed by atoms with Gasteiger partial charge in [-0.2, -0.15) is 0 Å². The van der Waals surface area contributed by atoms with Gasteiger partial charge in [-0.15, -0.1) is 0 Å². The summed E-state index contributed by atoms with van der Waals surface area (Å²) in [6.45, 7) is 0.725. The maximum atomic E-state index is 11.1. The first-order valence-corrected chi connectivity index (χ1v) is 7.68. The molecule has 0 radical (unpaired) electrons. The summed E-state index contributed by atoms with van der Waals surface area (Å²) in [5, 5.41) is 5.41. The summed E-state index contributed by atoms with van der Waals surface area (Å²) in [6.07, 6.45) is 3.24. The zero-order valence-corrected chi connectivity index (χ0v) is 12.3. The zero-order valence-electron chi connectivity index (χ0n) is 11.4. The summed E-state index contributed by atoms with van der Waals surface area (Å²) in [5.41, 5.74) is 3.76. The third-order valence-electron chi connectivity index (χ3n) is 3.79. The smallest absolute Gasteiger partial charge is 0.304 e. The van der Waals surface area contributed by atoms with Crippen molar-refractivity contribution in [3.05, 3.63) is 50.1 Å². The number of benzene rings is 1. The molecule has 2 aromatic rings. The summed E-state index contributed by atoms with van der Waals surface area (Å²) in [5.74, 6) is 0.923. The van der Waals surface area contributed by atoms with E-state index in [1.165, 1.54) is 22.5 Å². The number of hydrogen-bond donors (Lipinski definition) is 2. The van der Waals surface area contributed by atoms with Crippen molar-refractivity contribution in [2.24, 2.45) is 0 Å². The largest absolute Gasteiger partial charge is 0.497 e. The van der Waals surface area contributed by atoms with Crippen LogP contribution in [0.5, 0.6) is 5.75 Å². The van der Waals surface area contributed by atoms with Crippen molar-refractivity contribution in [2.45, 2.75) is 31.8 Å². The number of aromatic amines is 1. The second kappa shape index (κ2) is 5.81. The lowest BCUT2D eigenvalue weighted by Crippen LogP contribution is -2.34. The SMILES string of the molecule is COc1ccc2c(c1)CC(NCc1csc(=O)[nH]1)CC2. The number of H-pyrrole nitrogens is 1. The average molecular weight is 290 g/mol. The van der Waals surface area contributed by atoms with Crippen LogP contribution in [0.4, 0.5) is 0 Å². The minimum absolute atomic E-state index is 0.0144. The van der Waals surface area contributed by atoms with E-state index >= 15 is 0 Å². The van der Waals surface area contributed by atoms with Crippen molar-refractivity contribution in [1.82, 2.24) is 10.3 Å². The van der Waals surface area contributed by atoms with E-state index in [1.807, 2.05) is 11.4 Å². The fourth-order valence-corrected chi connectivity index (χ4v) is 3.27. The van der Waals surface area contributed by atoms with Crippen molar-refractivity contribution in [3.8, 4) is 5.75 Å². The highest BCUT2D eigenvalue weighted by molar-refractivity contribution is 7.07. The number of hydrogen-bond acceptors (Lipinski definition) is 4. The molecule has 106 valence electrons. The Labute approximate surface area is 121 Å². The monoisotopic (exact) mass is 290 g/mol. The highest BCUT2D eigenvalue weighted by atomic mass is 32.1. The molecule has 0 aliphatic heterocycles. The second-order valence-electron chi connectivity index (χ2n) is 5.13. The Morgan fingerprint density at radius 3 is 3.10 bits per heavy atom. The molecule has 2 N–H and O–H groups in total. The molecule has 1 aliphatic rings. The van der Waals surface area contributed by atoms with Crippen molar-refractivity contribution < 1.29 is 4.74 Å². The Balaban J connectivity index is 1.64. The molecule has 0 spiro atoms. The third-order valence-corrected chi connectivity index (χ3v) is 4.51. The molecule has 0 saturated heterocycles. The maximum Gasteiger partial charge on any atom is 0.304 e. The predicted octanol–water partition coefficient (Wildman–Crippen LogP) is 2.09. The Hall–Kier alpha value is -1.59. The van der Waals surface area contributed by atoms with Gasteiger partial charge in [-0.3, -0.25) is 4.79 Å². The average Bonchev–Trinajstić information content (AvgIpc) is 2.90. The van der Waals surface area contributed by atoms with E-state index in [9.17, 15) is 4.79 Å². The van der Waals surface area contributed by atoms with E-state index in [0.29, 0.717) is 6.04 Å². The first-order valence-electron chi connectivity index (χ1n) is 6.80. The van der Waals surface area contributed by atoms with Crippen LogP contribution in [0.3, 0.4) is 0 Å². The van der Waals surface area contributed by atoms with Gasteiger partial charge in [-0.05, 0) is 42.5 Å². The molecule has 1 aromatic heterocycles. The molecule has 0 saturated carbocycles. The maximum absolute atomic E-state index is 11.1. The molecule has 0 amide bonds. The van der Waals surface area contributed by atoms with Crippen LogP contribution < -0.4 is 14.9 Å². The number of fused-ring (bicyclic) bond motifs is 1. The molecule has 1 aromatic carbocycles. The summed E-state index contributed by atoms with van der Waals surface area (Å²) < 4.78 is 5.29. The van der Waals surface area contributed by atoms with Gasteiger partial charge in [0.1, 0.15) is 5.75 Å². The van der Waals surface area contributed by atoms with Gasteiger partial charge in [0, 0.05) is 23.7 Å². The standard InChI is InChI=1S/C15H18N2O2S/c1-19-14-5-3-10-2-4-12(6-11(10)7-14)16-8-13-9-20-15(18)17-13/h3,5,7,9,12,16H,2,4,6,8H2,1H3,(H,17,18). The molecule has 3 rings (SSSR count). The van der Waals surface area contributed by atoms with Gasteiger partial charge < -0.3 is 15.0 Å². The van der Waals surface area contributed by atoms with Gasteiger partial charge >= 0.3 is 4.87 Å². The van der Waals surface area contributed by atoms with Crippen LogP contribution in [0, 0.1) is 0 Å². The van der Waals surface area contributed by atoms with E-state index < -0.39 is 0 Å². The molecule has 1 heterocycles.